The van der Waals surface area contributed by atoms with Gasteiger partial charge in [-0.1, -0.05) is 37.3 Å². The number of piperazine rings is 1. The number of alkyl halides is 3. The molecule has 0 bridgehead atoms. The lowest BCUT2D eigenvalue weighted by Crippen LogP contribution is -2.54. The number of nitrogens with zero attached hydrogens (tertiary/aromatic N) is 6. The normalized spacial score (nSPS) is 16.5. The minimum absolute atomic E-state index is 0. The Hall–Kier alpha value is -3.51. The molecule has 39 heavy (non-hydrogen) atoms. The minimum atomic E-state index is -5.15. The molecule has 4 aromatic rings. The van der Waals surface area contributed by atoms with Crippen LogP contribution in [-0.2, 0) is 19.6 Å². The number of hydrogen-bond donors (Lipinski definition) is 1. The first kappa shape index (κ1) is 28.5. The molecule has 0 aliphatic carbocycles. The number of aromatic nitrogens is 4. The first-order valence-corrected chi connectivity index (χ1v) is 12.1. The Morgan fingerprint density at radius 2 is 1.79 bits per heavy atom. The lowest BCUT2D eigenvalue weighted by atomic mass is 10.0. The van der Waals surface area contributed by atoms with Crippen LogP contribution in [0.3, 0.4) is 0 Å². The van der Waals surface area contributed by atoms with Crippen molar-refractivity contribution in [3.8, 4) is 17.0 Å². The van der Waals surface area contributed by atoms with Crippen LogP contribution in [0.4, 0.5) is 27.9 Å². The molecule has 1 atom stereocenters. The number of anilines is 1. The van der Waals surface area contributed by atoms with Crippen molar-refractivity contribution in [2.75, 3.05) is 31.1 Å². The summed E-state index contributed by atoms with van der Waals surface area (Å²) < 4.78 is 70.1. The van der Waals surface area contributed by atoms with E-state index < -0.39 is 34.7 Å². The van der Waals surface area contributed by atoms with E-state index in [-0.39, 0.29) is 35.2 Å². The molecule has 2 aromatic carbocycles. The SMILES string of the molecule is CCN1CCN(c2ncc3c(-c4cc(C(F)(F)F)c(F)c(O)c4F)nn(C)c3n2)[C@H](Cc2ccccc2)C1.Cl. The maximum atomic E-state index is 14.8. The summed E-state index contributed by atoms with van der Waals surface area (Å²) in [6, 6.07) is 10.4. The van der Waals surface area contributed by atoms with Crippen molar-refractivity contribution in [2.24, 2.45) is 7.05 Å². The third kappa shape index (κ3) is 5.35. The molecule has 0 radical (unpaired) electrons. The zero-order chi connectivity index (χ0) is 27.2. The molecule has 0 saturated carbocycles. The Bertz CT molecular complexity index is 1480. The van der Waals surface area contributed by atoms with Gasteiger partial charge >= 0.3 is 6.18 Å². The second-order valence-electron chi connectivity index (χ2n) is 9.26. The molecule has 1 N–H and O–H groups in total. The Labute approximate surface area is 227 Å². The zero-order valence-corrected chi connectivity index (χ0v) is 21.9. The highest BCUT2D eigenvalue weighted by atomic mass is 35.5. The van der Waals surface area contributed by atoms with Crippen LogP contribution in [0.25, 0.3) is 22.3 Å². The van der Waals surface area contributed by atoms with E-state index in [1.165, 1.54) is 17.9 Å². The third-order valence-corrected chi connectivity index (χ3v) is 6.89. The number of phenolic OH excluding ortho intramolecular Hbond substituents is 1. The van der Waals surface area contributed by atoms with Crippen molar-refractivity contribution in [1.29, 1.82) is 0 Å². The van der Waals surface area contributed by atoms with E-state index in [0.717, 1.165) is 31.6 Å². The van der Waals surface area contributed by atoms with Crippen molar-refractivity contribution in [3.05, 3.63) is 65.4 Å². The van der Waals surface area contributed by atoms with Gasteiger partial charge < -0.3 is 10.0 Å². The number of likely N-dealkylation sites (N-methyl/N-ethyl adjacent to an activating group) is 1. The average Bonchev–Trinajstić information content (AvgIpc) is 3.22. The van der Waals surface area contributed by atoms with Crippen molar-refractivity contribution >= 4 is 29.4 Å². The summed E-state index contributed by atoms with van der Waals surface area (Å²) in [4.78, 5) is 13.6. The quantitative estimate of drug-likeness (QED) is 0.334. The van der Waals surface area contributed by atoms with Crippen LogP contribution in [0.15, 0.2) is 42.6 Å². The van der Waals surface area contributed by atoms with Gasteiger partial charge in [0.15, 0.2) is 23.0 Å². The van der Waals surface area contributed by atoms with E-state index in [4.69, 9.17) is 0 Å². The highest BCUT2D eigenvalue weighted by molar-refractivity contribution is 5.91. The lowest BCUT2D eigenvalue weighted by molar-refractivity contribution is -0.140. The number of rotatable bonds is 5. The molecular formula is C26H26ClF5N6O. The molecule has 1 aliphatic rings. The van der Waals surface area contributed by atoms with Gasteiger partial charge in [0.05, 0.1) is 10.9 Å². The standard InChI is InChI=1S/C26H25F5N6O.ClH/c1-3-36-9-10-37(16(14-36)11-15-7-5-4-6-8-15)25-32-13-18-22(34-35(2)24(18)33-25)17-12-19(26(29,30)31)21(28)23(38)20(17)27;/h4-8,12-13,16,38H,3,9-11,14H2,1-2H3;1H/t16-;/m1./s1. The van der Waals surface area contributed by atoms with E-state index in [2.05, 4.69) is 43.9 Å². The third-order valence-electron chi connectivity index (χ3n) is 6.89. The monoisotopic (exact) mass is 568 g/mol. The van der Waals surface area contributed by atoms with Crippen molar-refractivity contribution in [1.82, 2.24) is 24.6 Å². The van der Waals surface area contributed by atoms with E-state index in [1.54, 1.807) is 0 Å². The fraction of sp³-hybridized carbons (Fsp3) is 0.346. The molecule has 13 heteroatoms. The predicted octanol–water partition coefficient (Wildman–Crippen LogP) is 5.21. The van der Waals surface area contributed by atoms with E-state index in [9.17, 15) is 27.1 Å². The van der Waals surface area contributed by atoms with Gasteiger partial charge in [0, 0.05) is 44.5 Å². The first-order chi connectivity index (χ1) is 18.1. The smallest absolute Gasteiger partial charge is 0.419 e. The Morgan fingerprint density at radius 3 is 2.46 bits per heavy atom. The number of fused-ring (bicyclic) bond motifs is 1. The number of aromatic hydroxyl groups is 1. The van der Waals surface area contributed by atoms with E-state index in [0.29, 0.717) is 18.6 Å². The summed E-state index contributed by atoms with van der Waals surface area (Å²) in [5.74, 6) is -4.92. The highest BCUT2D eigenvalue weighted by Gasteiger charge is 2.38. The molecule has 5 rings (SSSR count). The van der Waals surface area contributed by atoms with Gasteiger partial charge in [0.1, 0.15) is 5.69 Å². The van der Waals surface area contributed by atoms with Crippen LogP contribution in [0.5, 0.6) is 5.75 Å². The fourth-order valence-electron chi connectivity index (χ4n) is 4.90. The Balaban J connectivity index is 0.00000353. The Kier molecular flexibility index (Phi) is 7.99. The number of benzene rings is 2. The highest BCUT2D eigenvalue weighted by Crippen LogP contribution is 2.41. The minimum Gasteiger partial charge on any atom is -0.503 e. The van der Waals surface area contributed by atoms with Crippen LogP contribution in [0, 0.1) is 11.6 Å². The molecule has 208 valence electrons. The summed E-state index contributed by atoms with van der Waals surface area (Å²) in [5.41, 5.74) is -1.30. The molecule has 0 spiro atoms. The van der Waals surface area contributed by atoms with Crippen LogP contribution in [0.1, 0.15) is 18.1 Å². The van der Waals surface area contributed by atoms with Gasteiger partial charge in [0.25, 0.3) is 0 Å². The number of phenols is 1. The van der Waals surface area contributed by atoms with E-state index in [1.807, 2.05) is 18.2 Å². The number of aryl methyl sites for hydroxylation is 1. The van der Waals surface area contributed by atoms with Gasteiger partial charge in [-0.3, -0.25) is 4.90 Å². The summed E-state index contributed by atoms with van der Waals surface area (Å²) in [6.07, 6.45) is -3.01. The zero-order valence-electron chi connectivity index (χ0n) is 21.1. The molecule has 0 unspecified atom stereocenters. The maximum absolute atomic E-state index is 14.8. The molecule has 1 saturated heterocycles. The van der Waals surface area contributed by atoms with Crippen molar-refractivity contribution < 1.29 is 27.1 Å². The summed E-state index contributed by atoms with van der Waals surface area (Å²) in [6.45, 7) is 5.27. The number of hydrogen-bond acceptors (Lipinski definition) is 6. The second-order valence-corrected chi connectivity index (χ2v) is 9.26. The molecule has 1 aliphatic heterocycles. The van der Waals surface area contributed by atoms with Gasteiger partial charge in [0.2, 0.25) is 5.95 Å². The maximum Gasteiger partial charge on any atom is 0.419 e. The van der Waals surface area contributed by atoms with Crippen LogP contribution in [0.2, 0.25) is 0 Å². The van der Waals surface area contributed by atoms with Gasteiger partial charge in [-0.05, 0) is 24.6 Å². The average molecular weight is 569 g/mol. The Morgan fingerprint density at radius 1 is 1.08 bits per heavy atom. The van der Waals surface area contributed by atoms with Gasteiger partial charge in [-0.15, -0.1) is 12.4 Å². The van der Waals surface area contributed by atoms with Crippen LogP contribution < -0.4 is 4.90 Å². The first-order valence-electron chi connectivity index (χ1n) is 12.1. The lowest BCUT2D eigenvalue weighted by Gasteiger charge is -2.41. The van der Waals surface area contributed by atoms with E-state index >= 15 is 0 Å². The summed E-state index contributed by atoms with van der Waals surface area (Å²) in [7, 11) is 1.52. The molecule has 7 nitrogen and oxygen atoms in total. The number of halogens is 6. The predicted molar refractivity (Wildman–Crippen MR) is 139 cm³/mol. The largest absolute Gasteiger partial charge is 0.503 e. The molecule has 3 heterocycles. The summed E-state index contributed by atoms with van der Waals surface area (Å²) >= 11 is 0. The topological polar surface area (TPSA) is 70.3 Å². The second kappa shape index (κ2) is 10.9. The van der Waals surface area contributed by atoms with Crippen molar-refractivity contribution in [2.45, 2.75) is 25.6 Å². The molecule has 2 aromatic heterocycles. The molecule has 0 amide bonds. The van der Waals surface area contributed by atoms with Crippen LogP contribution >= 0.6 is 12.4 Å². The van der Waals surface area contributed by atoms with Gasteiger partial charge in [-0.2, -0.15) is 23.3 Å². The summed E-state index contributed by atoms with van der Waals surface area (Å²) in [5, 5.41) is 14.1. The fourth-order valence-corrected chi connectivity index (χ4v) is 4.90. The molecule has 1 fully saturated rings. The molecular weight excluding hydrogens is 543 g/mol. The van der Waals surface area contributed by atoms with Crippen molar-refractivity contribution in [3.63, 3.8) is 0 Å². The van der Waals surface area contributed by atoms with Gasteiger partial charge in [-0.25, -0.2) is 18.4 Å². The van der Waals surface area contributed by atoms with Crippen LogP contribution in [-0.4, -0.2) is 62.0 Å².